The minimum absolute atomic E-state index is 0.0130. The van der Waals surface area contributed by atoms with Crippen molar-refractivity contribution in [1.29, 1.82) is 0 Å². The molecule has 1 unspecified atom stereocenters. The lowest BCUT2D eigenvalue weighted by molar-refractivity contribution is -0.120. The smallest absolute Gasteiger partial charge is 0.139 e. The number of hydrogen-bond donors (Lipinski definition) is 0. The zero-order valence-corrected chi connectivity index (χ0v) is 10.5. The Bertz CT molecular complexity index is 369. The van der Waals surface area contributed by atoms with E-state index in [0.29, 0.717) is 12.8 Å². The zero-order chi connectivity index (χ0) is 12.1. The summed E-state index contributed by atoms with van der Waals surface area (Å²) < 4.78 is 5.08. The number of carbonyl (C=O) groups excluding carboxylic acids is 1. The summed E-state index contributed by atoms with van der Waals surface area (Å²) in [5.74, 6) is 0.234. The Hall–Kier alpha value is -1.15. The molecule has 1 aromatic carbocycles. The molecule has 0 heterocycles. The minimum Gasteiger partial charge on any atom is -0.381 e. The minimum atomic E-state index is 0.0130. The van der Waals surface area contributed by atoms with Gasteiger partial charge in [-0.25, -0.2) is 0 Å². The largest absolute Gasteiger partial charge is 0.381 e. The van der Waals surface area contributed by atoms with Gasteiger partial charge in [0.05, 0.1) is 6.10 Å². The topological polar surface area (TPSA) is 26.3 Å². The molecule has 0 radical (unpaired) electrons. The van der Waals surface area contributed by atoms with Crippen LogP contribution >= 0.6 is 0 Å². The van der Waals surface area contributed by atoms with E-state index in [1.54, 1.807) is 7.11 Å². The van der Waals surface area contributed by atoms with E-state index < -0.39 is 0 Å². The van der Waals surface area contributed by atoms with Crippen molar-refractivity contribution in [3.05, 3.63) is 34.9 Å². The maximum atomic E-state index is 11.7. The fraction of sp³-hybridized carbons (Fsp3) is 0.500. The van der Waals surface area contributed by atoms with E-state index in [4.69, 9.17) is 4.74 Å². The van der Waals surface area contributed by atoms with Crippen molar-refractivity contribution in [1.82, 2.24) is 0 Å². The lowest BCUT2D eigenvalue weighted by Crippen LogP contribution is -2.14. The van der Waals surface area contributed by atoms with Gasteiger partial charge in [-0.2, -0.15) is 0 Å². The number of Topliss-reactive ketones (excluding diaryl/α,β-unsaturated/α-hetero) is 1. The Labute approximate surface area is 97.6 Å². The first-order valence-electron chi connectivity index (χ1n) is 5.63. The van der Waals surface area contributed by atoms with Gasteiger partial charge in [-0.05, 0) is 37.5 Å². The van der Waals surface area contributed by atoms with Crippen LogP contribution in [-0.4, -0.2) is 19.0 Å². The van der Waals surface area contributed by atoms with Gasteiger partial charge < -0.3 is 4.74 Å². The summed E-state index contributed by atoms with van der Waals surface area (Å²) in [6.07, 6.45) is 1.01. The highest BCUT2D eigenvalue weighted by Crippen LogP contribution is 2.11. The fourth-order valence-electron chi connectivity index (χ4n) is 1.62. The highest BCUT2D eigenvalue weighted by molar-refractivity contribution is 5.81. The molecular formula is C14H20O2. The Morgan fingerprint density at radius 2 is 2.00 bits per heavy atom. The van der Waals surface area contributed by atoms with Crippen LogP contribution in [0, 0.1) is 13.8 Å². The molecule has 0 amide bonds. The molecule has 16 heavy (non-hydrogen) atoms. The fourth-order valence-corrected chi connectivity index (χ4v) is 1.62. The predicted molar refractivity (Wildman–Crippen MR) is 65.7 cm³/mol. The highest BCUT2D eigenvalue weighted by Gasteiger charge is 2.09. The SMILES string of the molecule is COC(C)CC(=O)Cc1ccc(C)c(C)c1. The second-order valence-electron chi connectivity index (χ2n) is 4.38. The number of methoxy groups -OCH3 is 1. The normalized spacial score (nSPS) is 12.5. The molecule has 0 saturated carbocycles. The molecule has 1 atom stereocenters. The van der Waals surface area contributed by atoms with Gasteiger partial charge >= 0.3 is 0 Å². The van der Waals surface area contributed by atoms with Gasteiger partial charge in [0.1, 0.15) is 5.78 Å². The van der Waals surface area contributed by atoms with E-state index in [-0.39, 0.29) is 11.9 Å². The van der Waals surface area contributed by atoms with Crippen LogP contribution in [-0.2, 0) is 16.0 Å². The van der Waals surface area contributed by atoms with E-state index in [2.05, 4.69) is 26.0 Å². The number of ether oxygens (including phenoxy) is 1. The Balaban J connectivity index is 2.59. The van der Waals surface area contributed by atoms with Gasteiger partial charge in [0.15, 0.2) is 0 Å². The van der Waals surface area contributed by atoms with E-state index in [9.17, 15) is 4.79 Å². The Kier molecular flexibility index (Phi) is 4.69. The molecule has 0 aromatic heterocycles. The predicted octanol–water partition coefficient (Wildman–Crippen LogP) is 2.84. The molecule has 1 aromatic rings. The van der Waals surface area contributed by atoms with Crippen LogP contribution in [0.4, 0.5) is 0 Å². The van der Waals surface area contributed by atoms with Gasteiger partial charge in [-0.3, -0.25) is 4.79 Å². The van der Waals surface area contributed by atoms with Crippen LogP contribution in [0.1, 0.15) is 30.0 Å². The second-order valence-corrected chi connectivity index (χ2v) is 4.38. The van der Waals surface area contributed by atoms with Crippen molar-refractivity contribution in [2.75, 3.05) is 7.11 Å². The van der Waals surface area contributed by atoms with Gasteiger partial charge in [0.25, 0.3) is 0 Å². The molecule has 88 valence electrons. The van der Waals surface area contributed by atoms with Crippen molar-refractivity contribution < 1.29 is 9.53 Å². The van der Waals surface area contributed by atoms with E-state index in [1.807, 2.05) is 13.0 Å². The number of benzene rings is 1. The van der Waals surface area contributed by atoms with Crippen molar-refractivity contribution in [3.8, 4) is 0 Å². The summed E-state index contributed by atoms with van der Waals surface area (Å²) in [6.45, 7) is 6.06. The van der Waals surface area contributed by atoms with Gasteiger partial charge in [0.2, 0.25) is 0 Å². The summed E-state index contributed by atoms with van der Waals surface area (Å²) in [6, 6.07) is 6.18. The average Bonchev–Trinajstić information content (AvgIpc) is 2.23. The number of ketones is 1. The summed E-state index contributed by atoms with van der Waals surface area (Å²) >= 11 is 0. The van der Waals surface area contributed by atoms with Crippen LogP contribution in [0.3, 0.4) is 0 Å². The van der Waals surface area contributed by atoms with Crippen molar-refractivity contribution in [2.24, 2.45) is 0 Å². The monoisotopic (exact) mass is 220 g/mol. The third-order valence-electron chi connectivity index (χ3n) is 2.89. The van der Waals surface area contributed by atoms with E-state index in [0.717, 1.165) is 5.56 Å². The molecule has 0 saturated heterocycles. The van der Waals surface area contributed by atoms with Crippen LogP contribution in [0.2, 0.25) is 0 Å². The lowest BCUT2D eigenvalue weighted by Gasteiger charge is -2.09. The van der Waals surface area contributed by atoms with Crippen molar-refractivity contribution in [3.63, 3.8) is 0 Å². The lowest BCUT2D eigenvalue weighted by atomic mass is 10.0. The molecule has 2 nitrogen and oxygen atoms in total. The van der Waals surface area contributed by atoms with Crippen LogP contribution in [0.15, 0.2) is 18.2 Å². The quantitative estimate of drug-likeness (QED) is 0.762. The maximum Gasteiger partial charge on any atom is 0.139 e. The average molecular weight is 220 g/mol. The summed E-state index contributed by atoms with van der Waals surface area (Å²) in [5.41, 5.74) is 3.60. The first kappa shape index (κ1) is 12.9. The van der Waals surface area contributed by atoms with Crippen LogP contribution < -0.4 is 0 Å². The van der Waals surface area contributed by atoms with E-state index in [1.165, 1.54) is 11.1 Å². The third kappa shape index (κ3) is 3.78. The van der Waals surface area contributed by atoms with Gasteiger partial charge in [0, 0.05) is 20.0 Å². The molecule has 0 N–H and O–H groups in total. The number of carbonyl (C=O) groups is 1. The molecule has 1 rings (SSSR count). The number of hydrogen-bond acceptors (Lipinski definition) is 2. The van der Waals surface area contributed by atoms with Crippen molar-refractivity contribution >= 4 is 5.78 Å². The Morgan fingerprint density at radius 3 is 2.56 bits per heavy atom. The summed E-state index contributed by atoms with van der Waals surface area (Å²) in [5, 5.41) is 0. The summed E-state index contributed by atoms with van der Waals surface area (Å²) in [4.78, 5) is 11.7. The first-order chi connectivity index (χ1) is 7.52. The third-order valence-corrected chi connectivity index (χ3v) is 2.89. The van der Waals surface area contributed by atoms with Crippen molar-refractivity contribution in [2.45, 2.75) is 39.7 Å². The molecule has 0 spiro atoms. The number of aryl methyl sites for hydroxylation is 2. The molecule has 0 bridgehead atoms. The molecule has 0 aliphatic heterocycles. The first-order valence-corrected chi connectivity index (χ1v) is 5.63. The molecule has 0 aliphatic rings. The molecule has 2 heteroatoms. The highest BCUT2D eigenvalue weighted by atomic mass is 16.5. The van der Waals surface area contributed by atoms with Crippen LogP contribution in [0.25, 0.3) is 0 Å². The molecule has 0 aliphatic carbocycles. The summed E-state index contributed by atoms with van der Waals surface area (Å²) in [7, 11) is 1.63. The Morgan fingerprint density at radius 1 is 1.31 bits per heavy atom. The van der Waals surface area contributed by atoms with E-state index >= 15 is 0 Å². The molecule has 0 fully saturated rings. The second kappa shape index (κ2) is 5.80. The zero-order valence-electron chi connectivity index (χ0n) is 10.5. The maximum absolute atomic E-state index is 11.7. The number of rotatable bonds is 5. The van der Waals surface area contributed by atoms with Gasteiger partial charge in [-0.1, -0.05) is 18.2 Å². The molecular weight excluding hydrogens is 200 g/mol. The van der Waals surface area contributed by atoms with Crippen LogP contribution in [0.5, 0.6) is 0 Å². The van der Waals surface area contributed by atoms with Gasteiger partial charge in [-0.15, -0.1) is 0 Å². The standard InChI is InChI=1S/C14H20O2/c1-10-5-6-13(7-11(10)2)9-14(15)8-12(3)16-4/h5-7,12H,8-9H2,1-4H3.